The van der Waals surface area contributed by atoms with E-state index >= 15 is 0 Å². The quantitative estimate of drug-likeness (QED) is 0.659. The first-order valence-corrected chi connectivity index (χ1v) is 8.64. The Labute approximate surface area is 149 Å². The van der Waals surface area contributed by atoms with E-state index in [9.17, 15) is 9.59 Å². The molecule has 3 amide bonds. The van der Waals surface area contributed by atoms with Crippen molar-refractivity contribution >= 4 is 33.5 Å². The van der Waals surface area contributed by atoms with Crippen LogP contribution in [0.3, 0.4) is 0 Å². The van der Waals surface area contributed by atoms with Crippen LogP contribution in [-0.4, -0.2) is 24.0 Å². The largest absolute Gasteiger partial charge is 0.355 e. The van der Waals surface area contributed by atoms with Gasteiger partial charge in [0.15, 0.2) is 0 Å². The van der Waals surface area contributed by atoms with Crippen molar-refractivity contribution in [3.8, 4) is 0 Å². The smallest absolute Gasteiger partial charge is 0.315 e. The highest BCUT2D eigenvalue weighted by Crippen LogP contribution is 2.21. The Balaban J connectivity index is 1.48. The number of fused-ring (bicyclic) bond motifs is 1. The summed E-state index contributed by atoms with van der Waals surface area (Å²) in [5.41, 5.74) is 2.45. The fraction of sp³-hybridized carbons (Fsp3) is 0.167. The third kappa shape index (κ3) is 4.33. The number of thiazole rings is 1. The van der Waals surface area contributed by atoms with Gasteiger partial charge in [0.05, 0.1) is 16.8 Å². The maximum atomic E-state index is 11.9. The summed E-state index contributed by atoms with van der Waals surface area (Å²) >= 11 is 1.57. The highest BCUT2D eigenvalue weighted by molar-refractivity contribution is 7.18. The van der Waals surface area contributed by atoms with E-state index in [0.717, 1.165) is 20.8 Å². The first kappa shape index (κ1) is 16.9. The second-order valence-electron chi connectivity index (χ2n) is 5.39. The number of rotatable bonds is 5. The van der Waals surface area contributed by atoms with Gasteiger partial charge in [0.1, 0.15) is 5.01 Å². The molecule has 0 unspecified atom stereocenters. The summed E-state index contributed by atoms with van der Waals surface area (Å²) in [6.45, 7) is 0.778. The second-order valence-corrected chi connectivity index (χ2v) is 6.50. The van der Waals surface area contributed by atoms with Gasteiger partial charge in [0.2, 0.25) is 0 Å². The van der Waals surface area contributed by atoms with Crippen LogP contribution in [0.5, 0.6) is 0 Å². The molecule has 2 aromatic carbocycles. The molecule has 6 nitrogen and oxygen atoms in total. The van der Waals surface area contributed by atoms with E-state index in [2.05, 4.69) is 20.9 Å². The minimum Gasteiger partial charge on any atom is -0.355 e. The number of nitrogens with zero attached hydrogens (tertiary/aromatic N) is 1. The molecular weight excluding hydrogens is 336 g/mol. The molecule has 0 saturated carbocycles. The number of hydrogen-bond acceptors (Lipinski definition) is 4. The van der Waals surface area contributed by atoms with Crippen molar-refractivity contribution in [2.24, 2.45) is 0 Å². The fourth-order valence-electron chi connectivity index (χ4n) is 2.31. The molecule has 0 atom stereocenters. The third-order valence-corrected chi connectivity index (χ3v) is 4.67. The number of benzene rings is 2. The summed E-state index contributed by atoms with van der Waals surface area (Å²) in [6.07, 6.45) is 0. The zero-order chi connectivity index (χ0) is 17.6. The molecule has 0 saturated heterocycles. The monoisotopic (exact) mass is 354 g/mol. The number of carbonyl (C=O) groups excluding carboxylic acids is 2. The third-order valence-electron chi connectivity index (χ3n) is 3.63. The molecule has 0 aliphatic carbocycles. The van der Waals surface area contributed by atoms with E-state index in [1.165, 1.54) is 0 Å². The number of hydrogen-bond donors (Lipinski definition) is 3. The lowest BCUT2D eigenvalue weighted by atomic mass is 10.1. The number of urea groups is 1. The highest BCUT2D eigenvalue weighted by atomic mass is 32.1. The highest BCUT2D eigenvalue weighted by Gasteiger charge is 2.06. The minimum absolute atomic E-state index is 0.131. The zero-order valence-corrected chi connectivity index (χ0v) is 14.5. The van der Waals surface area contributed by atoms with Crippen LogP contribution in [0.4, 0.5) is 4.79 Å². The Morgan fingerprint density at radius 1 is 1.00 bits per heavy atom. The molecule has 3 aromatic rings. The summed E-state index contributed by atoms with van der Waals surface area (Å²) in [7, 11) is 1.59. The Morgan fingerprint density at radius 3 is 2.44 bits per heavy atom. The molecule has 1 heterocycles. The van der Waals surface area contributed by atoms with Gasteiger partial charge in [-0.05, 0) is 29.8 Å². The molecule has 0 aliphatic heterocycles. The van der Waals surface area contributed by atoms with Crippen molar-refractivity contribution in [1.29, 1.82) is 0 Å². The van der Waals surface area contributed by atoms with Gasteiger partial charge in [0, 0.05) is 19.2 Å². The molecule has 3 N–H and O–H groups in total. The fourth-order valence-corrected chi connectivity index (χ4v) is 3.22. The van der Waals surface area contributed by atoms with Crippen LogP contribution in [0.15, 0.2) is 48.5 Å². The normalized spacial score (nSPS) is 10.4. The van der Waals surface area contributed by atoms with E-state index in [-0.39, 0.29) is 11.9 Å². The van der Waals surface area contributed by atoms with Crippen LogP contribution < -0.4 is 16.0 Å². The topological polar surface area (TPSA) is 83.1 Å². The van der Waals surface area contributed by atoms with Gasteiger partial charge in [-0.15, -0.1) is 11.3 Å². The molecule has 0 radical (unpaired) electrons. The van der Waals surface area contributed by atoms with Gasteiger partial charge in [-0.25, -0.2) is 9.78 Å². The first-order valence-electron chi connectivity index (χ1n) is 7.83. The van der Waals surface area contributed by atoms with Crippen molar-refractivity contribution in [1.82, 2.24) is 20.9 Å². The van der Waals surface area contributed by atoms with Gasteiger partial charge in [-0.3, -0.25) is 4.79 Å². The molecule has 1 aromatic heterocycles. The zero-order valence-electron chi connectivity index (χ0n) is 13.7. The molecule has 0 aliphatic rings. The minimum atomic E-state index is -0.255. The number of carbonyl (C=O) groups is 2. The lowest BCUT2D eigenvalue weighted by Gasteiger charge is -2.07. The van der Waals surface area contributed by atoms with E-state index in [1.54, 1.807) is 30.5 Å². The molecule has 7 heteroatoms. The van der Waals surface area contributed by atoms with Gasteiger partial charge >= 0.3 is 6.03 Å². The van der Waals surface area contributed by atoms with E-state index in [1.807, 2.05) is 36.4 Å². The second kappa shape index (κ2) is 7.76. The average Bonchev–Trinajstić information content (AvgIpc) is 3.07. The lowest BCUT2D eigenvalue weighted by Crippen LogP contribution is -2.34. The van der Waals surface area contributed by atoms with Crippen LogP contribution >= 0.6 is 11.3 Å². The number of aromatic nitrogens is 1. The predicted molar refractivity (Wildman–Crippen MR) is 98.5 cm³/mol. The Bertz CT molecular complexity index is 856. The lowest BCUT2D eigenvalue weighted by molar-refractivity contribution is 0.0963. The van der Waals surface area contributed by atoms with Crippen molar-refractivity contribution in [3.05, 3.63) is 64.7 Å². The Kier molecular flexibility index (Phi) is 5.25. The van der Waals surface area contributed by atoms with Crippen LogP contribution in [0.2, 0.25) is 0 Å². The van der Waals surface area contributed by atoms with Crippen molar-refractivity contribution in [3.63, 3.8) is 0 Å². The number of para-hydroxylation sites is 1. The molecule has 0 bridgehead atoms. The van der Waals surface area contributed by atoms with Crippen molar-refractivity contribution < 1.29 is 9.59 Å². The Hall–Kier alpha value is -2.93. The summed E-state index contributed by atoms with van der Waals surface area (Å²) < 4.78 is 1.11. The number of nitrogens with one attached hydrogen (secondary N) is 3. The summed E-state index contributed by atoms with van der Waals surface area (Å²) in [4.78, 5) is 27.9. The summed E-state index contributed by atoms with van der Waals surface area (Å²) in [6, 6.07) is 14.7. The van der Waals surface area contributed by atoms with Crippen LogP contribution in [0.25, 0.3) is 10.2 Å². The standard InChI is InChI=1S/C18H18N4O2S/c1-19-17(23)13-8-6-12(7-9-13)10-20-18(24)21-11-16-22-14-4-2-3-5-15(14)25-16/h2-9H,10-11H2,1H3,(H,19,23)(H2,20,21,24). The van der Waals surface area contributed by atoms with Crippen LogP contribution in [0.1, 0.15) is 20.9 Å². The molecule has 0 fully saturated rings. The van der Waals surface area contributed by atoms with Crippen LogP contribution in [-0.2, 0) is 13.1 Å². The average molecular weight is 354 g/mol. The molecule has 3 rings (SSSR count). The van der Waals surface area contributed by atoms with E-state index in [0.29, 0.717) is 18.7 Å². The maximum Gasteiger partial charge on any atom is 0.315 e. The van der Waals surface area contributed by atoms with Crippen molar-refractivity contribution in [2.75, 3.05) is 7.05 Å². The van der Waals surface area contributed by atoms with Crippen LogP contribution in [0, 0.1) is 0 Å². The Morgan fingerprint density at radius 2 is 1.72 bits per heavy atom. The molecule has 25 heavy (non-hydrogen) atoms. The summed E-state index contributed by atoms with van der Waals surface area (Å²) in [5, 5.41) is 9.03. The van der Waals surface area contributed by atoms with Gasteiger partial charge in [-0.2, -0.15) is 0 Å². The number of amides is 3. The predicted octanol–water partition coefficient (Wildman–Crippen LogP) is 2.66. The van der Waals surface area contributed by atoms with Gasteiger partial charge in [0.25, 0.3) is 5.91 Å². The van der Waals surface area contributed by atoms with Gasteiger partial charge in [-0.1, -0.05) is 24.3 Å². The molecular formula is C18H18N4O2S. The van der Waals surface area contributed by atoms with E-state index < -0.39 is 0 Å². The van der Waals surface area contributed by atoms with E-state index in [4.69, 9.17) is 0 Å². The van der Waals surface area contributed by atoms with Gasteiger partial charge < -0.3 is 16.0 Å². The summed E-state index contributed by atoms with van der Waals surface area (Å²) in [5.74, 6) is -0.131. The maximum absolute atomic E-state index is 11.9. The molecule has 0 spiro atoms. The van der Waals surface area contributed by atoms with Crippen molar-refractivity contribution in [2.45, 2.75) is 13.1 Å². The SMILES string of the molecule is CNC(=O)c1ccc(CNC(=O)NCc2nc3ccccc3s2)cc1. The molecule has 128 valence electrons. The first-order chi connectivity index (χ1) is 12.2.